The number of hydrogen-bond acceptors (Lipinski definition) is 5. The molecule has 3 atom stereocenters. The minimum absolute atomic E-state index is 0.0290. The lowest BCUT2D eigenvalue weighted by Gasteiger charge is -2.26. The quantitative estimate of drug-likeness (QED) is 0.831. The van der Waals surface area contributed by atoms with Gasteiger partial charge in [-0.05, 0) is 24.3 Å². The second-order valence-electron chi connectivity index (χ2n) is 7.51. The number of hydrogen-bond donors (Lipinski definition) is 2. The molecule has 0 spiro atoms. The standard InChI is InChI=1S/C20H25N3O3/c1-13-10-23(18(12-24)14-5-3-2-4-6-14)11-17(13)21-20(25)16-9-19(26-22-16)15-7-8-15/h2-6,9,13,15,17-18,24H,7-8,10-12H2,1H3,(H,21,25)/t13-,17?,18?/m0/s1. The van der Waals surface area contributed by atoms with Crippen molar-refractivity contribution in [3.63, 3.8) is 0 Å². The highest BCUT2D eigenvalue weighted by Crippen LogP contribution is 2.40. The summed E-state index contributed by atoms with van der Waals surface area (Å²) in [5.41, 5.74) is 1.46. The van der Waals surface area contributed by atoms with Crippen LogP contribution in [0.5, 0.6) is 0 Å². The number of carbonyl (C=O) groups excluding carboxylic acids is 1. The molecule has 0 bridgehead atoms. The van der Waals surface area contributed by atoms with Crippen LogP contribution < -0.4 is 5.32 Å². The number of rotatable bonds is 6. The van der Waals surface area contributed by atoms with Crippen LogP contribution in [0.4, 0.5) is 0 Å². The first kappa shape index (κ1) is 17.2. The van der Waals surface area contributed by atoms with E-state index >= 15 is 0 Å². The molecule has 2 heterocycles. The first-order chi connectivity index (χ1) is 12.7. The summed E-state index contributed by atoms with van der Waals surface area (Å²) < 4.78 is 5.28. The Kier molecular flexibility index (Phi) is 4.78. The summed E-state index contributed by atoms with van der Waals surface area (Å²) in [6, 6.07) is 11.8. The third kappa shape index (κ3) is 3.52. The van der Waals surface area contributed by atoms with Crippen molar-refractivity contribution in [1.82, 2.24) is 15.4 Å². The molecule has 1 saturated carbocycles. The van der Waals surface area contributed by atoms with Gasteiger partial charge >= 0.3 is 0 Å². The van der Waals surface area contributed by atoms with E-state index in [0.29, 0.717) is 24.1 Å². The molecule has 2 aliphatic rings. The SMILES string of the molecule is C[C@H]1CN(C(CO)c2ccccc2)CC1NC(=O)c1cc(C2CC2)on1. The van der Waals surface area contributed by atoms with Crippen molar-refractivity contribution < 1.29 is 14.4 Å². The van der Waals surface area contributed by atoms with E-state index in [0.717, 1.165) is 30.7 Å². The van der Waals surface area contributed by atoms with E-state index in [9.17, 15) is 9.90 Å². The molecule has 1 aliphatic carbocycles. The molecule has 1 aromatic heterocycles. The van der Waals surface area contributed by atoms with Crippen LogP contribution in [0.1, 0.15) is 53.5 Å². The Morgan fingerprint density at radius 2 is 2.12 bits per heavy atom. The number of likely N-dealkylation sites (tertiary alicyclic amines) is 1. The molecule has 6 heteroatoms. The third-order valence-electron chi connectivity index (χ3n) is 5.50. The predicted octanol–water partition coefficient (Wildman–Crippen LogP) is 2.34. The lowest BCUT2D eigenvalue weighted by atomic mass is 10.1. The van der Waals surface area contributed by atoms with E-state index in [-0.39, 0.29) is 24.6 Å². The maximum atomic E-state index is 12.5. The van der Waals surface area contributed by atoms with Gasteiger partial charge in [0.15, 0.2) is 5.69 Å². The second-order valence-corrected chi connectivity index (χ2v) is 7.51. The Balaban J connectivity index is 1.40. The van der Waals surface area contributed by atoms with Crippen LogP contribution in [0, 0.1) is 5.92 Å². The fraction of sp³-hybridized carbons (Fsp3) is 0.500. The fourth-order valence-electron chi connectivity index (χ4n) is 3.75. The molecule has 2 unspecified atom stereocenters. The number of nitrogens with zero attached hydrogens (tertiary/aromatic N) is 2. The van der Waals surface area contributed by atoms with Gasteiger partial charge in [-0.3, -0.25) is 9.69 Å². The summed E-state index contributed by atoms with van der Waals surface area (Å²) >= 11 is 0. The van der Waals surface area contributed by atoms with Crippen LogP contribution in [0.3, 0.4) is 0 Å². The number of aliphatic hydroxyl groups is 1. The molecule has 1 saturated heterocycles. The third-order valence-corrected chi connectivity index (χ3v) is 5.50. The summed E-state index contributed by atoms with van der Waals surface area (Å²) in [6.45, 7) is 3.73. The van der Waals surface area contributed by atoms with Crippen LogP contribution in [0.2, 0.25) is 0 Å². The van der Waals surface area contributed by atoms with Crippen molar-refractivity contribution >= 4 is 5.91 Å². The van der Waals surface area contributed by atoms with Crippen LogP contribution in [0.25, 0.3) is 0 Å². The monoisotopic (exact) mass is 355 g/mol. The summed E-state index contributed by atoms with van der Waals surface area (Å²) in [6.07, 6.45) is 2.24. The molecule has 26 heavy (non-hydrogen) atoms. The van der Waals surface area contributed by atoms with E-state index in [1.807, 2.05) is 30.3 Å². The van der Waals surface area contributed by atoms with Crippen molar-refractivity contribution in [3.8, 4) is 0 Å². The Labute approximate surface area is 153 Å². The molecule has 2 aromatic rings. The van der Waals surface area contributed by atoms with Gasteiger partial charge in [-0.1, -0.05) is 42.4 Å². The Hall–Kier alpha value is -2.18. The van der Waals surface area contributed by atoms with Crippen LogP contribution >= 0.6 is 0 Å². The Morgan fingerprint density at radius 1 is 1.35 bits per heavy atom. The van der Waals surface area contributed by atoms with Gasteiger partial charge in [-0.2, -0.15) is 0 Å². The normalized spacial score (nSPS) is 24.5. The average molecular weight is 355 g/mol. The van der Waals surface area contributed by atoms with E-state index in [1.165, 1.54) is 0 Å². The molecule has 2 N–H and O–H groups in total. The second kappa shape index (κ2) is 7.21. The number of aliphatic hydroxyl groups excluding tert-OH is 1. The first-order valence-corrected chi connectivity index (χ1v) is 9.33. The molecule has 1 amide bonds. The zero-order valence-electron chi connectivity index (χ0n) is 15.0. The van der Waals surface area contributed by atoms with E-state index in [1.54, 1.807) is 6.07 Å². The molecular formula is C20H25N3O3. The molecule has 1 aliphatic heterocycles. The van der Waals surface area contributed by atoms with Crippen LogP contribution in [-0.2, 0) is 0 Å². The maximum Gasteiger partial charge on any atom is 0.273 e. The summed E-state index contributed by atoms with van der Waals surface area (Å²) in [5, 5.41) is 16.9. The molecular weight excluding hydrogens is 330 g/mol. The minimum atomic E-state index is -0.181. The van der Waals surface area contributed by atoms with Gasteiger partial charge in [0.05, 0.1) is 12.6 Å². The van der Waals surface area contributed by atoms with Crippen molar-refractivity contribution in [1.29, 1.82) is 0 Å². The van der Waals surface area contributed by atoms with Crippen molar-refractivity contribution in [3.05, 3.63) is 53.4 Å². The van der Waals surface area contributed by atoms with E-state index < -0.39 is 0 Å². The molecule has 1 aromatic carbocycles. The van der Waals surface area contributed by atoms with Crippen molar-refractivity contribution in [2.75, 3.05) is 19.7 Å². The number of nitrogens with one attached hydrogen (secondary N) is 1. The van der Waals surface area contributed by atoms with Crippen molar-refractivity contribution in [2.45, 2.75) is 37.8 Å². The van der Waals surface area contributed by atoms with Gasteiger partial charge in [0.2, 0.25) is 0 Å². The topological polar surface area (TPSA) is 78.6 Å². The van der Waals surface area contributed by atoms with Gasteiger partial charge in [-0.25, -0.2) is 0 Å². The fourth-order valence-corrected chi connectivity index (χ4v) is 3.75. The maximum absolute atomic E-state index is 12.5. The lowest BCUT2D eigenvalue weighted by molar-refractivity contribution is 0.0919. The molecule has 0 radical (unpaired) electrons. The number of amides is 1. The Bertz CT molecular complexity index is 757. The molecule has 138 valence electrons. The minimum Gasteiger partial charge on any atom is -0.394 e. The summed E-state index contributed by atoms with van der Waals surface area (Å²) in [7, 11) is 0. The van der Waals surface area contributed by atoms with Gasteiger partial charge < -0.3 is 14.9 Å². The lowest BCUT2D eigenvalue weighted by Crippen LogP contribution is -2.40. The molecule has 2 fully saturated rings. The predicted molar refractivity (Wildman–Crippen MR) is 96.7 cm³/mol. The van der Waals surface area contributed by atoms with Gasteiger partial charge in [0, 0.05) is 31.1 Å². The Morgan fingerprint density at radius 3 is 2.81 bits per heavy atom. The highest BCUT2D eigenvalue weighted by atomic mass is 16.5. The highest BCUT2D eigenvalue weighted by molar-refractivity contribution is 5.92. The van der Waals surface area contributed by atoms with Crippen LogP contribution in [0.15, 0.2) is 40.9 Å². The largest absolute Gasteiger partial charge is 0.394 e. The first-order valence-electron chi connectivity index (χ1n) is 9.33. The van der Waals surface area contributed by atoms with Gasteiger partial charge in [0.25, 0.3) is 5.91 Å². The highest BCUT2D eigenvalue weighted by Gasteiger charge is 2.36. The summed E-state index contributed by atoms with van der Waals surface area (Å²) in [5.74, 6) is 1.38. The number of aromatic nitrogens is 1. The smallest absolute Gasteiger partial charge is 0.273 e. The van der Waals surface area contributed by atoms with Gasteiger partial charge in [-0.15, -0.1) is 0 Å². The zero-order valence-corrected chi connectivity index (χ0v) is 15.0. The molecule has 4 rings (SSSR count). The van der Waals surface area contributed by atoms with Crippen molar-refractivity contribution in [2.24, 2.45) is 5.92 Å². The number of benzene rings is 1. The zero-order chi connectivity index (χ0) is 18.1. The van der Waals surface area contributed by atoms with E-state index in [2.05, 4.69) is 22.3 Å². The molecule has 6 nitrogen and oxygen atoms in total. The van der Waals surface area contributed by atoms with E-state index in [4.69, 9.17) is 4.52 Å². The average Bonchev–Trinajstić information content (AvgIpc) is 3.27. The summed E-state index contributed by atoms with van der Waals surface area (Å²) in [4.78, 5) is 14.8. The number of carbonyl (C=O) groups is 1. The van der Waals surface area contributed by atoms with Gasteiger partial charge in [0.1, 0.15) is 5.76 Å². The van der Waals surface area contributed by atoms with Crippen LogP contribution in [-0.4, -0.2) is 46.8 Å².